The molecule has 3 aromatic rings. The number of Topliss-reactive ketones (excluding diaryl/α,β-unsaturated/α-hetero) is 1. The van der Waals surface area contributed by atoms with Crippen LogP contribution in [0.3, 0.4) is 0 Å². The number of nitrogens with zero attached hydrogens (tertiary/aromatic N) is 1. The Morgan fingerprint density at radius 1 is 0.661 bits per heavy atom. The number of ketones is 1. The molecule has 0 saturated carbocycles. The van der Waals surface area contributed by atoms with Gasteiger partial charge >= 0.3 is 0 Å². The Morgan fingerprint density at radius 2 is 1.21 bits per heavy atom. The summed E-state index contributed by atoms with van der Waals surface area (Å²) in [7, 11) is -2.69. The van der Waals surface area contributed by atoms with E-state index in [2.05, 4.69) is 17.0 Å². The highest BCUT2D eigenvalue weighted by Crippen LogP contribution is 2.29. The van der Waals surface area contributed by atoms with Crippen molar-refractivity contribution in [3.63, 3.8) is 0 Å². The van der Waals surface area contributed by atoms with E-state index in [9.17, 15) is 22.8 Å². The normalized spacial score (nSPS) is 11.2. The number of carbonyl (C=O) groups is 3. The van der Waals surface area contributed by atoms with Crippen LogP contribution in [0.15, 0.2) is 71.6 Å². The molecule has 308 valence electrons. The zero-order valence-electron chi connectivity index (χ0n) is 34.2. The molecule has 0 saturated heterocycles. The lowest BCUT2D eigenvalue weighted by Gasteiger charge is -2.18. The summed E-state index contributed by atoms with van der Waals surface area (Å²) in [4.78, 5) is 40.6. The van der Waals surface area contributed by atoms with Crippen molar-refractivity contribution in [1.82, 2.24) is 4.90 Å². The lowest BCUT2D eigenvalue weighted by atomic mass is 10.0. The van der Waals surface area contributed by atoms with E-state index in [4.69, 9.17) is 9.47 Å². The second kappa shape index (κ2) is 25.7. The van der Waals surface area contributed by atoms with Crippen molar-refractivity contribution in [3.05, 3.63) is 77.9 Å². The fraction of sp³-hybridized carbons (Fsp3) is 0.533. The Bertz CT molecular complexity index is 1740. The van der Waals surface area contributed by atoms with Gasteiger partial charge in [-0.2, -0.15) is 0 Å². The molecule has 0 unspecified atom stereocenters. The van der Waals surface area contributed by atoms with E-state index in [0.717, 1.165) is 19.3 Å². The molecule has 0 bridgehead atoms. The van der Waals surface area contributed by atoms with E-state index in [-0.39, 0.29) is 27.9 Å². The van der Waals surface area contributed by atoms with Crippen LogP contribution in [-0.4, -0.2) is 57.7 Å². The van der Waals surface area contributed by atoms with E-state index >= 15 is 0 Å². The van der Waals surface area contributed by atoms with Crippen LogP contribution >= 0.6 is 0 Å². The van der Waals surface area contributed by atoms with Gasteiger partial charge in [-0.3, -0.25) is 19.1 Å². The molecule has 3 aromatic carbocycles. The third-order valence-corrected chi connectivity index (χ3v) is 11.3. The minimum atomic E-state index is -4.09. The third kappa shape index (κ3) is 16.0. The first kappa shape index (κ1) is 46.0. The minimum absolute atomic E-state index is 0.0985. The van der Waals surface area contributed by atoms with Gasteiger partial charge in [0.1, 0.15) is 11.5 Å². The number of hydrogen-bond acceptors (Lipinski definition) is 7. The van der Waals surface area contributed by atoms with Crippen molar-refractivity contribution < 1.29 is 32.3 Å². The predicted octanol–water partition coefficient (Wildman–Crippen LogP) is 10.8. The summed E-state index contributed by atoms with van der Waals surface area (Å²) in [5.74, 6) is -0.519. The lowest BCUT2D eigenvalue weighted by Crippen LogP contribution is -2.30. The van der Waals surface area contributed by atoms with Crippen molar-refractivity contribution in [1.29, 1.82) is 0 Å². The van der Waals surface area contributed by atoms with E-state index in [1.165, 1.54) is 121 Å². The maximum Gasteiger partial charge on any atom is 0.261 e. The zero-order valence-corrected chi connectivity index (χ0v) is 35.0. The number of unbranched alkanes of at least 4 members (excludes halogenated alkanes) is 15. The van der Waals surface area contributed by atoms with Gasteiger partial charge in [0.15, 0.2) is 5.78 Å². The molecule has 0 spiro atoms. The number of methoxy groups -OCH3 is 1. The average molecular weight is 792 g/mol. The first-order chi connectivity index (χ1) is 27.1. The first-order valence-corrected chi connectivity index (χ1v) is 22.3. The highest BCUT2D eigenvalue weighted by Gasteiger charge is 2.21. The Kier molecular flexibility index (Phi) is 21.1. The molecule has 0 heterocycles. The molecule has 0 aliphatic heterocycles. The summed E-state index contributed by atoms with van der Waals surface area (Å²) in [5, 5.41) is 2.64. The van der Waals surface area contributed by atoms with Crippen LogP contribution < -0.4 is 19.5 Å². The Morgan fingerprint density at radius 3 is 1.77 bits per heavy atom. The lowest BCUT2D eigenvalue weighted by molar-refractivity contribution is -0.115. The van der Waals surface area contributed by atoms with Gasteiger partial charge in [-0.05, 0) is 74.9 Å². The topological polar surface area (TPSA) is 131 Å². The largest absolute Gasteiger partial charge is 0.495 e. The molecule has 0 aliphatic carbocycles. The predicted molar refractivity (Wildman–Crippen MR) is 227 cm³/mol. The number of anilines is 2. The van der Waals surface area contributed by atoms with Gasteiger partial charge < -0.3 is 19.7 Å². The molecule has 11 heteroatoms. The van der Waals surface area contributed by atoms with E-state index < -0.39 is 28.1 Å². The first-order valence-electron chi connectivity index (χ1n) is 20.8. The van der Waals surface area contributed by atoms with Crippen molar-refractivity contribution in [2.75, 3.05) is 36.8 Å². The van der Waals surface area contributed by atoms with Crippen LogP contribution in [0.5, 0.6) is 11.5 Å². The summed E-state index contributed by atoms with van der Waals surface area (Å²) in [6.07, 6.45) is 20.1. The van der Waals surface area contributed by atoms with Crippen LogP contribution in [0.1, 0.15) is 151 Å². The molecule has 0 fully saturated rings. The number of amides is 2. The molecule has 0 atom stereocenters. The monoisotopic (exact) mass is 791 g/mol. The molecular weight excluding hydrogens is 727 g/mol. The fourth-order valence-corrected chi connectivity index (χ4v) is 7.72. The molecule has 3 rings (SSSR count). The van der Waals surface area contributed by atoms with Gasteiger partial charge in [-0.15, -0.1) is 0 Å². The molecule has 2 amide bonds. The number of sulfonamides is 1. The van der Waals surface area contributed by atoms with Crippen LogP contribution in [-0.2, 0) is 14.8 Å². The number of rotatable bonds is 29. The summed E-state index contributed by atoms with van der Waals surface area (Å²) in [6, 6.07) is 17.1. The highest BCUT2D eigenvalue weighted by atomic mass is 32.2. The maximum absolute atomic E-state index is 13.3. The van der Waals surface area contributed by atoms with Crippen LogP contribution in [0.4, 0.5) is 11.4 Å². The van der Waals surface area contributed by atoms with Gasteiger partial charge in [0.25, 0.3) is 15.9 Å². The SMILES string of the molecule is CCCCCCCCCCCCCCCCCCOc1ccccc1C(=O)CC(=O)Nc1cc(S(=O)(=O)Nc2ccc(C(=O)N(CC)CC)cc2)ccc1OC. The highest BCUT2D eigenvalue weighted by molar-refractivity contribution is 7.92. The quantitative estimate of drug-likeness (QED) is 0.0406. The summed E-state index contributed by atoms with van der Waals surface area (Å²) in [5.41, 5.74) is 1.13. The van der Waals surface area contributed by atoms with Gasteiger partial charge in [0, 0.05) is 24.3 Å². The molecular formula is C45H65N3O7S. The number of hydrogen-bond donors (Lipinski definition) is 2. The Hall–Kier alpha value is -4.38. The van der Waals surface area contributed by atoms with Crippen LogP contribution in [0, 0.1) is 0 Å². The number of benzene rings is 3. The summed E-state index contributed by atoms with van der Waals surface area (Å²) >= 11 is 0. The summed E-state index contributed by atoms with van der Waals surface area (Å²) < 4.78 is 40.5. The van der Waals surface area contributed by atoms with Crippen LogP contribution in [0.25, 0.3) is 0 Å². The molecule has 0 aliphatic rings. The Balaban J connectivity index is 1.43. The van der Waals surface area contributed by atoms with Gasteiger partial charge in [-0.1, -0.05) is 115 Å². The fourth-order valence-electron chi connectivity index (χ4n) is 6.63. The second-order valence-electron chi connectivity index (χ2n) is 14.3. The van der Waals surface area contributed by atoms with Gasteiger partial charge in [0.2, 0.25) is 5.91 Å². The minimum Gasteiger partial charge on any atom is -0.495 e. The van der Waals surface area contributed by atoms with E-state index in [0.29, 0.717) is 36.6 Å². The van der Waals surface area contributed by atoms with Crippen LogP contribution in [0.2, 0.25) is 0 Å². The number of nitrogens with one attached hydrogen (secondary N) is 2. The summed E-state index contributed by atoms with van der Waals surface area (Å²) in [6.45, 7) is 7.67. The molecule has 0 aromatic heterocycles. The average Bonchev–Trinajstić information content (AvgIpc) is 3.19. The number of carbonyl (C=O) groups excluding carboxylic acids is 3. The standard InChI is InChI=1S/C45H65N3O7S/c1-5-8-9-10-11-12-13-14-15-16-17-18-19-20-21-24-33-55-42-26-23-22-25-39(42)41(49)35-44(50)46-40-34-38(31-32-43(40)54-4)56(52,53)47-37-29-27-36(28-30-37)45(51)48(6-2)7-3/h22-23,25-32,34,47H,5-21,24,33,35H2,1-4H3,(H,46,50). The third-order valence-electron chi connectivity index (χ3n) is 9.95. The molecule has 10 nitrogen and oxygen atoms in total. The Labute approximate surface area is 336 Å². The van der Waals surface area contributed by atoms with Crippen molar-refractivity contribution in [3.8, 4) is 11.5 Å². The smallest absolute Gasteiger partial charge is 0.261 e. The van der Waals surface area contributed by atoms with Crippen molar-refractivity contribution in [2.45, 2.75) is 135 Å². The molecule has 2 N–H and O–H groups in total. The number of ether oxygens (including phenoxy) is 2. The zero-order chi connectivity index (χ0) is 40.6. The molecule has 0 radical (unpaired) electrons. The molecule has 56 heavy (non-hydrogen) atoms. The van der Waals surface area contributed by atoms with Crippen molar-refractivity contribution >= 4 is 39.0 Å². The maximum atomic E-state index is 13.3. The van der Waals surface area contributed by atoms with E-state index in [1.807, 2.05) is 13.8 Å². The number of para-hydroxylation sites is 1. The second-order valence-corrected chi connectivity index (χ2v) is 16.0. The van der Waals surface area contributed by atoms with Gasteiger partial charge in [-0.25, -0.2) is 8.42 Å². The van der Waals surface area contributed by atoms with Crippen molar-refractivity contribution in [2.24, 2.45) is 0 Å². The van der Waals surface area contributed by atoms with Gasteiger partial charge in [0.05, 0.1) is 36.3 Å². The van der Waals surface area contributed by atoms with E-state index in [1.54, 1.807) is 41.3 Å².